The molecule has 0 saturated heterocycles. The summed E-state index contributed by atoms with van der Waals surface area (Å²) in [7, 11) is 0. The Morgan fingerprint density at radius 1 is 1.00 bits per heavy atom. The minimum Gasteiger partial charge on any atom is -0.356 e. The third kappa shape index (κ3) is 13.4. The normalized spacial score (nSPS) is 10.8. The molecule has 0 fully saturated rings. The molecule has 2 nitrogen and oxygen atoms in total. The van der Waals surface area contributed by atoms with E-state index in [-0.39, 0.29) is 5.91 Å². The van der Waals surface area contributed by atoms with E-state index in [1.807, 2.05) is 0 Å². The van der Waals surface area contributed by atoms with Gasteiger partial charge in [-0.2, -0.15) is 0 Å². The van der Waals surface area contributed by atoms with E-state index in [4.69, 9.17) is 0 Å². The van der Waals surface area contributed by atoms with Crippen LogP contribution >= 0.6 is 0 Å². The Morgan fingerprint density at radius 2 is 1.59 bits per heavy atom. The van der Waals surface area contributed by atoms with Crippen LogP contribution in [-0.4, -0.2) is 12.5 Å². The number of amides is 1. The molecule has 1 amide bonds. The maximum atomic E-state index is 11.4. The molecular weight excluding hydrogens is 210 g/mol. The molecule has 0 aliphatic carbocycles. The number of unbranched alkanes of at least 4 members (excludes halogenated alkanes) is 6. The van der Waals surface area contributed by atoms with Gasteiger partial charge in [-0.05, 0) is 18.8 Å². The summed E-state index contributed by atoms with van der Waals surface area (Å²) < 4.78 is 0. The molecule has 0 aromatic carbocycles. The first kappa shape index (κ1) is 16.5. The molecule has 0 aliphatic rings. The van der Waals surface area contributed by atoms with Gasteiger partial charge in [-0.3, -0.25) is 4.79 Å². The van der Waals surface area contributed by atoms with Gasteiger partial charge in [0.05, 0.1) is 0 Å². The molecule has 0 atom stereocenters. The summed E-state index contributed by atoms with van der Waals surface area (Å²) in [6, 6.07) is 0. The number of hydrogen-bond acceptors (Lipinski definition) is 1. The predicted octanol–water partition coefficient (Wildman–Crippen LogP) is 4.29. The first-order valence-corrected chi connectivity index (χ1v) is 7.43. The predicted molar refractivity (Wildman–Crippen MR) is 75.1 cm³/mol. The van der Waals surface area contributed by atoms with Gasteiger partial charge < -0.3 is 5.32 Å². The van der Waals surface area contributed by atoms with E-state index in [1.54, 1.807) is 0 Å². The largest absolute Gasteiger partial charge is 0.356 e. The van der Waals surface area contributed by atoms with Crippen LogP contribution in [0.4, 0.5) is 0 Å². The van der Waals surface area contributed by atoms with E-state index in [0.717, 1.165) is 19.4 Å². The van der Waals surface area contributed by atoms with Gasteiger partial charge in [0.15, 0.2) is 0 Å². The second-order valence-electron chi connectivity index (χ2n) is 5.40. The molecule has 1 N–H and O–H groups in total. The highest BCUT2D eigenvalue weighted by atomic mass is 16.1. The van der Waals surface area contributed by atoms with Crippen LogP contribution in [0.15, 0.2) is 0 Å². The van der Waals surface area contributed by atoms with Crippen LogP contribution in [0, 0.1) is 5.92 Å². The average Bonchev–Trinajstić information content (AvgIpc) is 2.30. The molecule has 0 aliphatic heterocycles. The van der Waals surface area contributed by atoms with Crippen LogP contribution in [0.5, 0.6) is 0 Å². The van der Waals surface area contributed by atoms with Gasteiger partial charge in [0.25, 0.3) is 0 Å². The summed E-state index contributed by atoms with van der Waals surface area (Å²) in [6.07, 6.45) is 10.8. The molecule has 17 heavy (non-hydrogen) atoms. The third-order valence-corrected chi connectivity index (χ3v) is 3.05. The van der Waals surface area contributed by atoms with Crippen LogP contribution in [-0.2, 0) is 4.79 Å². The lowest BCUT2D eigenvalue weighted by Crippen LogP contribution is -2.24. The SMILES string of the molecule is CCCCCCCCCNC(=O)CCC(C)C. The van der Waals surface area contributed by atoms with E-state index < -0.39 is 0 Å². The Hall–Kier alpha value is -0.530. The molecule has 0 aromatic heterocycles. The molecular formula is C15H31NO. The maximum absolute atomic E-state index is 11.4. The molecule has 0 saturated carbocycles. The smallest absolute Gasteiger partial charge is 0.220 e. The maximum Gasteiger partial charge on any atom is 0.220 e. The average molecular weight is 241 g/mol. The standard InChI is InChI=1S/C15H31NO/c1-4-5-6-7-8-9-10-13-16-15(17)12-11-14(2)3/h14H,4-13H2,1-3H3,(H,16,17). The zero-order chi connectivity index (χ0) is 12.9. The number of hydrogen-bond donors (Lipinski definition) is 1. The Morgan fingerprint density at radius 3 is 2.18 bits per heavy atom. The highest BCUT2D eigenvalue weighted by Gasteiger charge is 2.02. The van der Waals surface area contributed by atoms with Gasteiger partial charge in [0, 0.05) is 13.0 Å². The minimum atomic E-state index is 0.227. The van der Waals surface area contributed by atoms with Crippen molar-refractivity contribution in [1.29, 1.82) is 0 Å². The van der Waals surface area contributed by atoms with Crippen LogP contribution in [0.1, 0.15) is 78.6 Å². The van der Waals surface area contributed by atoms with E-state index in [1.165, 1.54) is 38.5 Å². The first-order chi connectivity index (χ1) is 8.16. The molecule has 0 spiro atoms. The van der Waals surface area contributed by atoms with Crippen molar-refractivity contribution in [2.45, 2.75) is 78.6 Å². The van der Waals surface area contributed by atoms with E-state index in [2.05, 4.69) is 26.1 Å². The molecule has 2 heteroatoms. The summed E-state index contributed by atoms with van der Waals surface area (Å²) in [5.41, 5.74) is 0. The first-order valence-electron chi connectivity index (χ1n) is 7.43. The van der Waals surface area contributed by atoms with Crippen molar-refractivity contribution in [3.8, 4) is 0 Å². The summed E-state index contributed by atoms with van der Waals surface area (Å²) >= 11 is 0. The topological polar surface area (TPSA) is 29.1 Å². The van der Waals surface area contributed by atoms with Crippen molar-refractivity contribution in [2.75, 3.05) is 6.54 Å². The zero-order valence-corrected chi connectivity index (χ0v) is 12.1. The van der Waals surface area contributed by atoms with Gasteiger partial charge >= 0.3 is 0 Å². The van der Waals surface area contributed by atoms with Crippen molar-refractivity contribution < 1.29 is 4.79 Å². The Kier molecular flexibility index (Phi) is 11.6. The third-order valence-electron chi connectivity index (χ3n) is 3.05. The fourth-order valence-electron chi connectivity index (χ4n) is 1.82. The van der Waals surface area contributed by atoms with Crippen molar-refractivity contribution in [1.82, 2.24) is 5.32 Å². The van der Waals surface area contributed by atoms with Crippen molar-refractivity contribution in [3.05, 3.63) is 0 Å². The molecule has 0 aromatic rings. The molecule has 102 valence electrons. The highest BCUT2D eigenvalue weighted by molar-refractivity contribution is 5.75. The van der Waals surface area contributed by atoms with Crippen molar-refractivity contribution in [3.63, 3.8) is 0 Å². The summed E-state index contributed by atoms with van der Waals surface area (Å²) in [6.45, 7) is 7.42. The van der Waals surface area contributed by atoms with Crippen LogP contribution in [0.2, 0.25) is 0 Å². The lowest BCUT2D eigenvalue weighted by Gasteiger charge is -2.06. The Labute approximate surface area is 108 Å². The quantitative estimate of drug-likeness (QED) is 0.537. The van der Waals surface area contributed by atoms with Crippen LogP contribution < -0.4 is 5.32 Å². The van der Waals surface area contributed by atoms with Crippen LogP contribution in [0.25, 0.3) is 0 Å². The van der Waals surface area contributed by atoms with Gasteiger partial charge in [0.1, 0.15) is 0 Å². The second kappa shape index (κ2) is 11.9. The number of carbonyl (C=O) groups excluding carboxylic acids is 1. The Balaban J connectivity index is 3.14. The summed E-state index contributed by atoms with van der Waals surface area (Å²) in [5.74, 6) is 0.851. The fraction of sp³-hybridized carbons (Fsp3) is 0.933. The summed E-state index contributed by atoms with van der Waals surface area (Å²) in [4.78, 5) is 11.4. The van der Waals surface area contributed by atoms with Gasteiger partial charge in [-0.1, -0.05) is 59.3 Å². The Bertz CT molecular complexity index is 178. The molecule has 0 bridgehead atoms. The molecule has 0 heterocycles. The zero-order valence-electron chi connectivity index (χ0n) is 12.1. The lowest BCUT2D eigenvalue weighted by atomic mass is 10.1. The van der Waals surface area contributed by atoms with E-state index in [9.17, 15) is 4.79 Å². The van der Waals surface area contributed by atoms with Gasteiger partial charge in [-0.25, -0.2) is 0 Å². The van der Waals surface area contributed by atoms with Crippen LogP contribution in [0.3, 0.4) is 0 Å². The number of carbonyl (C=O) groups is 1. The monoisotopic (exact) mass is 241 g/mol. The molecule has 0 unspecified atom stereocenters. The lowest BCUT2D eigenvalue weighted by molar-refractivity contribution is -0.121. The van der Waals surface area contributed by atoms with Gasteiger partial charge in [-0.15, -0.1) is 0 Å². The highest BCUT2D eigenvalue weighted by Crippen LogP contribution is 2.06. The van der Waals surface area contributed by atoms with Crippen molar-refractivity contribution >= 4 is 5.91 Å². The van der Waals surface area contributed by atoms with Crippen molar-refractivity contribution in [2.24, 2.45) is 5.92 Å². The summed E-state index contributed by atoms with van der Waals surface area (Å²) in [5, 5.41) is 3.00. The molecule has 0 rings (SSSR count). The van der Waals surface area contributed by atoms with Gasteiger partial charge in [0.2, 0.25) is 5.91 Å². The van der Waals surface area contributed by atoms with E-state index in [0.29, 0.717) is 12.3 Å². The van der Waals surface area contributed by atoms with E-state index >= 15 is 0 Å². The number of rotatable bonds is 11. The molecule has 0 radical (unpaired) electrons. The number of nitrogens with one attached hydrogen (secondary N) is 1. The fourth-order valence-corrected chi connectivity index (χ4v) is 1.82. The second-order valence-corrected chi connectivity index (χ2v) is 5.40. The minimum absolute atomic E-state index is 0.227.